The Morgan fingerprint density at radius 3 is 2.43 bits per heavy atom. The number of methoxy groups -OCH3 is 1. The summed E-state index contributed by atoms with van der Waals surface area (Å²) in [5.74, 6) is -0.847. The summed E-state index contributed by atoms with van der Waals surface area (Å²) in [4.78, 5) is 24.2. The largest absolute Gasteiger partial charge is 0.467 e. The van der Waals surface area contributed by atoms with E-state index in [2.05, 4.69) is 21.2 Å². The van der Waals surface area contributed by atoms with Crippen molar-refractivity contribution in [1.82, 2.24) is 5.32 Å². The summed E-state index contributed by atoms with van der Waals surface area (Å²) in [6.45, 7) is 0. The monoisotopic (exact) mass is 347 g/mol. The zero-order chi connectivity index (χ0) is 15.2. The number of halogens is 1. The van der Waals surface area contributed by atoms with Crippen LogP contribution in [0.25, 0.3) is 0 Å². The Balaban J connectivity index is 2.23. The molecule has 2 aromatic carbocycles. The van der Waals surface area contributed by atoms with Crippen LogP contribution in [0.5, 0.6) is 0 Å². The molecule has 108 valence electrons. The van der Waals surface area contributed by atoms with Crippen molar-refractivity contribution in [1.29, 1.82) is 0 Å². The van der Waals surface area contributed by atoms with Gasteiger partial charge < -0.3 is 10.1 Å². The van der Waals surface area contributed by atoms with Crippen LogP contribution in [0.2, 0.25) is 0 Å². The van der Waals surface area contributed by atoms with E-state index < -0.39 is 12.0 Å². The molecule has 0 aliphatic carbocycles. The van der Waals surface area contributed by atoms with Crippen molar-refractivity contribution in [2.75, 3.05) is 7.11 Å². The lowest BCUT2D eigenvalue weighted by Gasteiger charge is -2.17. The predicted octanol–water partition coefficient (Wildman–Crippen LogP) is 3.09. The molecule has 1 atom stereocenters. The third-order valence-electron chi connectivity index (χ3n) is 2.93. The Bertz CT molecular complexity index is 643. The van der Waals surface area contributed by atoms with E-state index in [0.29, 0.717) is 11.1 Å². The molecule has 0 fully saturated rings. The summed E-state index contributed by atoms with van der Waals surface area (Å²) in [5, 5.41) is 2.69. The molecule has 2 rings (SSSR count). The summed E-state index contributed by atoms with van der Waals surface area (Å²) in [7, 11) is 1.30. The molecular weight excluding hydrogens is 334 g/mol. The normalized spacial score (nSPS) is 11.5. The first kappa shape index (κ1) is 15.3. The molecule has 0 spiro atoms. The highest BCUT2D eigenvalue weighted by Gasteiger charge is 2.23. The lowest BCUT2D eigenvalue weighted by atomic mass is 10.1. The molecule has 0 heterocycles. The third-order valence-corrected chi connectivity index (χ3v) is 3.43. The Hall–Kier alpha value is -2.14. The highest BCUT2D eigenvalue weighted by molar-refractivity contribution is 9.10. The van der Waals surface area contributed by atoms with Gasteiger partial charge >= 0.3 is 5.97 Å². The highest BCUT2D eigenvalue weighted by Crippen LogP contribution is 2.16. The molecule has 21 heavy (non-hydrogen) atoms. The molecule has 0 radical (unpaired) electrons. The molecule has 2 aromatic rings. The van der Waals surface area contributed by atoms with E-state index in [9.17, 15) is 9.59 Å². The summed E-state index contributed by atoms with van der Waals surface area (Å²) < 4.78 is 5.56. The Kier molecular flexibility index (Phi) is 5.11. The average Bonchev–Trinajstić information content (AvgIpc) is 2.52. The van der Waals surface area contributed by atoms with Crippen molar-refractivity contribution >= 4 is 27.8 Å². The van der Waals surface area contributed by atoms with E-state index in [1.165, 1.54) is 7.11 Å². The van der Waals surface area contributed by atoms with Gasteiger partial charge in [-0.15, -0.1) is 0 Å². The number of hydrogen-bond donors (Lipinski definition) is 1. The van der Waals surface area contributed by atoms with Gasteiger partial charge in [0.2, 0.25) is 0 Å². The van der Waals surface area contributed by atoms with Crippen molar-refractivity contribution in [3.63, 3.8) is 0 Å². The van der Waals surface area contributed by atoms with Gasteiger partial charge in [-0.05, 0) is 23.8 Å². The van der Waals surface area contributed by atoms with Crippen LogP contribution in [0.3, 0.4) is 0 Å². The molecule has 0 aliphatic heterocycles. The van der Waals surface area contributed by atoms with Crippen molar-refractivity contribution in [2.24, 2.45) is 0 Å². The van der Waals surface area contributed by atoms with Gasteiger partial charge in [-0.25, -0.2) is 4.79 Å². The summed E-state index contributed by atoms with van der Waals surface area (Å²) in [6.07, 6.45) is 0. The fraction of sp³-hybridized carbons (Fsp3) is 0.125. The first-order chi connectivity index (χ1) is 10.1. The number of ether oxygens (including phenoxy) is 1. The number of carbonyl (C=O) groups excluding carboxylic acids is 2. The van der Waals surface area contributed by atoms with Gasteiger partial charge in [0, 0.05) is 10.0 Å². The van der Waals surface area contributed by atoms with Gasteiger partial charge in [-0.1, -0.05) is 52.3 Å². The van der Waals surface area contributed by atoms with Gasteiger partial charge in [0.1, 0.15) is 0 Å². The summed E-state index contributed by atoms with van der Waals surface area (Å²) in [5.41, 5.74) is 1.14. The zero-order valence-electron chi connectivity index (χ0n) is 11.4. The van der Waals surface area contributed by atoms with E-state index in [4.69, 9.17) is 4.74 Å². The maximum Gasteiger partial charge on any atom is 0.333 e. The summed E-state index contributed by atoms with van der Waals surface area (Å²) in [6, 6.07) is 15.1. The first-order valence-corrected chi connectivity index (χ1v) is 7.10. The number of carbonyl (C=O) groups is 2. The van der Waals surface area contributed by atoms with Crippen molar-refractivity contribution in [3.8, 4) is 0 Å². The molecule has 0 aliphatic rings. The molecule has 0 bridgehead atoms. The average molecular weight is 348 g/mol. The topological polar surface area (TPSA) is 55.4 Å². The van der Waals surface area contributed by atoms with Crippen LogP contribution in [0.1, 0.15) is 22.0 Å². The van der Waals surface area contributed by atoms with Gasteiger partial charge in [-0.3, -0.25) is 4.79 Å². The first-order valence-electron chi connectivity index (χ1n) is 6.31. The lowest BCUT2D eigenvalue weighted by Crippen LogP contribution is -2.34. The minimum atomic E-state index is -0.831. The molecule has 5 heteroatoms. The van der Waals surface area contributed by atoms with E-state index >= 15 is 0 Å². The zero-order valence-corrected chi connectivity index (χ0v) is 13.0. The van der Waals surface area contributed by atoms with Gasteiger partial charge in [-0.2, -0.15) is 0 Å². The molecule has 0 aromatic heterocycles. The molecule has 1 N–H and O–H groups in total. The number of hydrogen-bond acceptors (Lipinski definition) is 3. The van der Waals surface area contributed by atoms with Crippen molar-refractivity contribution < 1.29 is 14.3 Å². The SMILES string of the molecule is COC(=O)[C@@H](NC(=O)c1cccc(Br)c1)c1ccccc1. The van der Waals surface area contributed by atoms with E-state index in [1.807, 2.05) is 12.1 Å². The number of esters is 1. The third kappa shape index (κ3) is 3.92. The quantitative estimate of drug-likeness (QED) is 0.864. The molecular formula is C16H14BrNO3. The number of amides is 1. The van der Waals surface area contributed by atoms with Crippen LogP contribution in [-0.2, 0) is 9.53 Å². The fourth-order valence-corrected chi connectivity index (χ4v) is 2.29. The summed E-state index contributed by atoms with van der Waals surface area (Å²) >= 11 is 3.31. The Morgan fingerprint density at radius 1 is 1.10 bits per heavy atom. The van der Waals surface area contributed by atoms with Crippen LogP contribution in [0.4, 0.5) is 0 Å². The molecule has 0 saturated heterocycles. The second-order valence-corrected chi connectivity index (χ2v) is 5.27. The minimum absolute atomic E-state index is 0.337. The standard InChI is InChI=1S/C16H14BrNO3/c1-21-16(20)14(11-6-3-2-4-7-11)18-15(19)12-8-5-9-13(17)10-12/h2-10,14H,1H3,(H,18,19)/t14-/m0/s1. The molecule has 4 nitrogen and oxygen atoms in total. The molecule has 1 amide bonds. The van der Waals surface area contributed by atoms with Gasteiger partial charge in [0.25, 0.3) is 5.91 Å². The maximum atomic E-state index is 12.3. The Labute approximate surface area is 131 Å². The van der Waals surface area contributed by atoms with E-state index in [-0.39, 0.29) is 5.91 Å². The maximum absolute atomic E-state index is 12.3. The highest BCUT2D eigenvalue weighted by atomic mass is 79.9. The fourth-order valence-electron chi connectivity index (χ4n) is 1.89. The molecule has 0 unspecified atom stereocenters. The Morgan fingerprint density at radius 2 is 1.81 bits per heavy atom. The van der Waals surface area contributed by atoms with E-state index in [0.717, 1.165) is 4.47 Å². The van der Waals surface area contributed by atoms with Crippen molar-refractivity contribution in [3.05, 3.63) is 70.2 Å². The van der Waals surface area contributed by atoms with Gasteiger partial charge in [0.15, 0.2) is 6.04 Å². The second kappa shape index (κ2) is 7.04. The smallest absolute Gasteiger partial charge is 0.333 e. The van der Waals surface area contributed by atoms with Crippen LogP contribution in [0, 0.1) is 0 Å². The number of nitrogens with one attached hydrogen (secondary N) is 1. The predicted molar refractivity (Wildman–Crippen MR) is 82.8 cm³/mol. The van der Waals surface area contributed by atoms with Crippen LogP contribution < -0.4 is 5.32 Å². The molecule has 0 saturated carbocycles. The lowest BCUT2D eigenvalue weighted by molar-refractivity contribution is -0.143. The second-order valence-electron chi connectivity index (χ2n) is 4.35. The van der Waals surface area contributed by atoms with E-state index in [1.54, 1.807) is 42.5 Å². The number of rotatable bonds is 4. The van der Waals surface area contributed by atoms with Crippen LogP contribution >= 0.6 is 15.9 Å². The van der Waals surface area contributed by atoms with Crippen LogP contribution in [-0.4, -0.2) is 19.0 Å². The van der Waals surface area contributed by atoms with Gasteiger partial charge in [0.05, 0.1) is 7.11 Å². The minimum Gasteiger partial charge on any atom is -0.467 e. The number of benzene rings is 2. The van der Waals surface area contributed by atoms with Crippen LogP contribution in [0.15, 0.2) is 59.1 Å². The van der Waals surface area contributed by atoms with Crippen molar-refractivity contribution in [2.45, 2.75) is 6.04 Å².